The summed E-state index contributed by atoms with van der Waals surface area (Å²) < 4.78 is 0. The van der Waals surface area contributed by atoms with E-state index in [2.05, 4.69) is 10.3 Å². The number of nitrogens with one attached hydrogen (secondary N) is 1. The Hall–Kier alpha value is -2.14. The predicted molar refractivity (Wildman–Crippen MR) is 70.4 cm³/mol. The lowest BCUT2D eigenvalue weighted by Crippen LogP contribution is -1.95. The molecule has 1 aromatic carbocycles. The number of hydrogen-bond acceptors (Lipinski definition) is 4. The van der Waals surface area contributed by atoms with Gasteiger partial charge in [-0.3, -0.25) is 10.1 Å². The Morgan fingerprint density at radius 2 is 2.11 bits per heavy atom. The topological polar surface area (TPSA) is 68.1 Å². The number of anilines is 2. The number of nitro groups is 1. The zero-order chi connectivity index (χ0) is 13.1. The summed E-state index contributed by atoms with van der Waals surface area (Å²) in [4.78, 5) is 14.4. The molecule has 0 unspecified atom stereocenters. The van der Waals surface area contributed by atoms with E-state index in [0.717, 1.165) is 5.56 Å². The Bertz CT molecular complexity index is 602. The average molecular weight is 264 g/mol. The van der Waals surface area contributed by atoms with Crippen LogP contribution in [0.2, 0.25) is 5.02 Å². The van der Waals surface area contributed by atoms with Gasteiger partial charge in [0.25, 0.3) is 5.69 Å². The SMILES string of the molecule is Cc1ccnc(Nc2ccc(Cl)c([N+](=O)[O-])c2)c1. The highest BCUT2D eigenvalue weighted by atomic mass is 35.5. The van der Waals surface area contributed by atoms with Crippen LogP contribution < -0.4 is 5.32 Å². The molecular formula is C12H10ClN3O2. The van der Waals surface area contributed by atoms with Gasteiger partial charge in [0, 0.05) is 18.0 Å². The van der Waals surface area contributed by atoms with E-state index in [0.29, 0.717) is 11.5 Å². The van der Waals surface area contributed by atoms with E-state index in [-0.39, 0.29) is 10.7 Å². The van der Waals surface area contributed by atoms with Crippen molar-refractivity contribution in [2.24, 2.45) is 0 Å². The number of rotatable bonds is 3. The minimum atomic E-state index is -0.517. The number of benzene rings is 1. The molecule has 0 radical (unpaired) electrons. The molecule has 0 saturated heterocycles. The Labute approximate surface area is 109 Å². The summed E-state index contributed by atoms with van der Waals surface area (Å²) in [5.74, 6) is 0.631. The first-order valence-corrected chi connectivity index (χ1v) is 5.57. The molecule has 1 N–H and O–H groups in total. The molecule has 0 aliphatic heterocycles. The van der Waals surface area contributed by atoms with E-state index in [9.17, 15) is 10.1 Å². The minimum absolute atomic E-state index is 0.114. The van der Waals surface area contributed by atoms with Crippen LogP contribution >= 0.6 is 11.6 Å². The van der Waals surface area contributed by atoms with Gasteiger partial charge in [0.15, 0.2) is 0 Å². The maximum atomic E-state index is 10.8. The molecule has 0 saturated carbocycles. The number of hydrogen-bond donors (Lipinski definition) is 1. The van der Waals surface area contributed by atoms with E-state index >= 15 is 0 Å². The number of halogens is 1. The quantitative estimate of drug-likeness (QED) is 0.677. The van der Waals surface area contributed by atoms with Crippen LogP contribution in [0, 0.1) is 17.0 Å². The molecule has 0 spiro atoms. The third-order valence-corrected chi connectivity index (χ3v) is 2.65. The van der Waals surface area contributed by atoms with E-state index in [4.69, 9.17) is 11.6 Å². The average Bonchev–Trinajstić information content (AvgIpc) is 2.31. The molecular weight excluding hydrogens is 254 g/mol. The fraction of sp³-hybridized carbons (Fsp3) is 0.0833. The van der Waals surface area contributed by atoms with Gasteiger partial charge < -0.3 is 5.32 Å². The fourth-order valence-electron chi connectivity index (χ4n) is 1.48. The van der Waals surface area contributed by atoms with Crippen LogP contribution in [0.1, 0.15) is 5.56 Å². The molecule has 1 aromatic heterocycles. The summed E-state index contributed by atoms with van der Waals surface area (Å²) in [5.41, 5.74) is 1.49. The zero-order valence-electron chi connectivity index (χ0n) is 9.55. The largest absolute Gasteiger partial charge is 0.340 e. The highest BCUT2D eigenvalue weighted by molar-refractivity contribution is 6.32. The molecule has 0 aliphatic carbocycles. The molecule has 2 aromatic rings. The van der Waals surface area contributed by atoms with Gasteiger partial charge in [-0.05, 0) is 36.8 Å². The van der Waals surface area contributed by atoms with Crippen molar-refractivity contribution in [3.63, 3.8) is 0 Å². The monoisotopic (exact) mass is 263 g/mol. The second-order valence-electron chi connectivity index (χ2n) is 3.77. The maximum Gasteiger partial charge on any atom is 0.289 e. The number of aryl methyl sites for hydroxylation is 1. The lowest BCUT2D eigenvalue weighted by atomic mass is 10.2. The first-order valence-electron chi connectivity index (χ1n) is 5.20. The molecule has 0 atom stereocenters. The van der Waals surface area contributed by atoms with Crippen molar-refractivity contribution in [1.82, 2.24) is 4.98 Å². The van der Waals surface area contributed by atoms with Gasteiger partial charge in [0.1, 0.15) is 10.8 Å². The van der Waals surface area contributed by atoms with Crippen LogP contribution in [0.4, 0.5) is 17.2 Å². The molecule has 0 fully saturated rings. The Morgan fingerprint density at radius 1 is 1.33 bits per heavy atom. The van der Waals surface area contributed by atoms with E-state index < -0.39 is 4.92 Å². The summed E-state index contributed by atoms with van der Waals surface area (Å²) in [6.45, 7) is 1.94. The molecule has 18 heavy (non-hydrogen) atoms. The highest BCUT2D eigenvalue weighted by Crippen LogP contribution is 2.28. The van der Waals surface area contributed by atoms with Crippen LogP contribution in [-0.2, 0) is 0 Å². The van der Waals surface area contributed by atoms with Crippen LogP contribution in [-0.4, -0.2) is 9.91 Å². The third-order valence-electron chi connectivity index (χ3n) is 2.33. The zero-order valence-corrected chi connectivity index (χ0v) is 10.3. The first kappa shape index (κ1) is 12.3. The summed E-state index contributed by atoms with van der Waals surface area (Å²) in [7, 11) is 0. The molecule has 6 heteroatoms. The molecule has 92 valence electrons. The highest BCUT2D eigenvalue weighted by Gasteiger charge is 2.12. The van der Waals surface area contributed by atoms with Gasteiger partial charge in [-0.1, -0.05) is 11.6 Å². The second-order valence-corrected chi connectivity index (χ2v) is 4.17. The predicted octanol–water partition coefficient (Wildman–Crippen LogP) is 3.70. The van der Waals surface area contributed by atoms with Gasteiger partial charge >= 0.3 is 0 Å². The Morgan fingerprint density at radius 3 is 2.78 bits per heavy atom. The second kappa shape index (κ2) is 5.01. The van der Waals surface area contributed by atoms with E-state index in [1.807, 2.05) is 19.1 Å². The number of nitrogens with zero attached hydrogens (tertiary/aromatic N) is 2. The van der Waals surface area contributed by atoms with Crippen molar-refractivity contribution in [3.05, 3.63) is 57.2 Å². The molecule has 0 aliphatic rings. The minimum Gasteiger partial charge on any atom is -0.340 e. The van der Waals surface area contributed by atoms with Gasteiger partial charge in [-0.15, -0.1) is 0 Å². The third kappa shape index (κ3) is 2.75. The number of aromatic nitrogens is 1. The van der Waals surface area contributed by atoms with Gasteiger partial charge in [-0.2, -0.15) is 0 Å². The molecule has 2 rings (SSSR count). The Kier molecular flexibility index (Phi) is 3.43. The fourth-order valence-corrected chi connectivity index (χ4v) is 1.67. The van der Waals surface area contributed by atoms with Crippen molar-refractivity contribution in [2.75, 3.05) is 5.32 Å². The number of pyridine rings is 1. The van der Waals surface area contributed by atoms with E-state index in [1.54, 1.807) is 12.3 Å². The van der Waals surface area contributed by atoms with Crippen molar-refractivity contribution in [1.29, 1.82) is 0 Å². The summed E-state index contributed by atoms with van der Waals surface area (Å²) in [6, 6.07) is 8.25. The van der Waals surface area contributed by atoms with Crippen molar-refractivity contribution >= 4 is 28.8 Å². The van der Waals surface area contributed by atoms with Crippen LogP contribution in [0.3, 0.4) is 0 Å². The van der Waals surface area contributed by atoms with Crippen molar-refractivity contribution < 1.29 is 4.92 Å². The standard InChI is InChI=1S/C12H10ClN3O2/c1-8-4-5-14-12(6-8)15-9-2-3-10(13)11(7-9)16(17)18/h2-7H,1H3,(H,14,15). The first-order chi connectivity index (χ1) is 8.56. The van der Waals surface area contributed by atoms with Gasteiger partial charge in [-0.25, -0.2) is 4.98 Å². The maximum absolute atomic E-state index is 10.8. The van der Waals surface area contributed by atoms with E-state index in [1.165, 1.54) is 12.1 Å². The van der Waals surface area contributed by atoms with Crippen LogP contribution in [0.15, 0.2) is 36.5 Å². The lowest BCUT2D eigenvalue weighted by Gasteiger charge is -2.06. The van der Waals surface area contributed by atoms with Gasteiger partial charge in [0.2, 0.25) is 0 Å². The number of nitro benzene ring substituents is 1. The normalized spacial score (nSPS) is 10.1. The van der Waals surface area contributed by atoms with Gasteiger partial charge in [0.05, 0.1) is 4.92 Å². The van der Waals surface area contributed by atoms with Crippen molar-refractivity contribution in [3.8, 4) is 0 Å². The smallest absolute Gasteiger partial charge is 0.289 e. The van der Waals surface area contributed by atoms with Crippen molar-refractivity contribution in [2.45, 2.75) is 6.92 Å². The molecule has 0 bridgehead atoms. The summed E-state index contributed by atoms with van der Waals surface area (Å²) in [5, 5.41) is 13.9. The Balaban J connectivity index is 2.30. The van der Waals surface area contributed by atoms with Crippen LogP contribution in [0.25, 0.3) is 0 Å². The molecule has 5 nitrogen and oxygen atoms in total. The lowest BCUT2D eigenvalue weighted by molar-refractivity contribution is -0.384. The summed E-state index contributed by atoms with van der Waals surface area (Å²) >= 11 is 5.73. The molecule has 0 amide bonds. The van der Waals surface area contributed by atoms with Crippen LogP contribution in [0.5, 0.6) is 0 Å². The molecule has 1 heterocycles. The summed E-state index contributed by atoms with van der Waals surface area (Å²) in [6.07, 6.45) is 1.67.